The standard InChI is InChI=1S/C47H52F2N10O5/c1-28-5-4-16-64-59-39(10-13-54(59)3)38-19-31(17-29(2)50-38)43(61)53-46-51-37-8-6-30(18-40(37)58(46)22-28)23-55-14-11-47(12-15-55)26-57(27-47)45(63)32-24-56(25-32)33-20-35(48)42(36(49)21-33)34-7-9-41(60)52-44(34)62/h6,8,10,13,17-21,28,32,34H,4-5,7,9,11-12,14-16,22-27H2,1-3H3,(H-,51,52,53,60,61,62)/p+1/t28-,34-/m1/s1. The van der Waals surface area contributed by atoms with Crippen molar-refractivity contribution in [3.05, 3.63) is 88.7 Å². The number of pyridine rings is 1. The molecule has 0 unspecified atom stereocenters. The maximum atomic E-state index is 15.2. The van der Waals surface area contributed by atoms with Gasteiger partial charge < -0.3 is 19.2 Å². The van der Waals surface area contributed by atoms with Gasteiger partial charge in [-0.05, 0) is 100.0 Å². The number of carbonyl (C=O) groups excluding carboxylic acids is 4. The Morgan fingerprint density at radius 1 is 0.953 bits per heavy atom. The predicted molar refractivity (Wildman–Crippen MR) is 232 cm³/mol. The van der Waals surface area contributed by atoms with Gasteiger partial charge in [0, 0.05) is 84.5 Å². The summed E-state index contributed by atoms with van der Waals surface area (Å²) in [5.74, 6) is -3.45. The Hall–Kier alpha value is -6.23. The van der Waals surface area contributed by atoms with Gasteiger partial charge in [0.1, 0.15) is 18.2 Å². The molecule has 4 amide bonds. The summed E-state index contributed by atoms with van der Waals surface area (Å²) >= 11 is 0. The highest BCUT2D eigenvalue weighted by molar-refractivity contribution is 6.05. The van der Waals surface area contributed by atoms with Crippen LogP contribution in [0.4, 0.5) is 20.4 Å². The van der Waals surface area contributed by atoms with E-state index in [9.17, 15) is 19.2 Å². The Morgan fingerprint density at radius 2 is 1.72 bits per heavy atom. The lowest BCUT2D eigenvalue weighted by Crippen LogP contribution is -2.65. The number of nitrogens with zero attached hydrogens (tertiary/aromatic N) is 8. The minimum absolute atomic E-state index is 0.0290. The van der Waals surface area contributed by atoms with Crippen LogP contribution in [-0.4, -0.2) is 98.7 Å². The van der Waals surface area contributed by atoms with Gasteiger partial charge in [-0.1, -0.05) is 17.7 Å². The predicted octanol–water partition coefficient (Wildman–Crippen LogP) is 4.50. The minimum atomic E-state index is -1.05. The number of imide groups is 1. The Balaban J connectivity index is 0.758. The molecule has 5 aromatic rings. The second kappa shape index (κ2) is 16.4. The van der Waals surface area contributed by atoms with Gasteiger partial charge in [-0.25, -0.2) is 13.8 Å². The van der Waals surface area contributed by atoms with Gasteiger partial charge in [0.15, 0.2) is 18.9 Å². The van der Waals surface area contributed by atoms with Crippen LogP contribution < -0.4 is 25.1 Å². The third-order valence-corrected chi connectivity index (χ3v) is 13.9. The quantitative estimate of drug-likeness (QED) is 0.192. The number of carbonyl (C=O) groups is 4. The highest BCUT2D eigenvalue weighted by Crippen LogP contribution is 2.43. The lowest BCUT2D eigenvalue weighted by atomic mass is 9.71. The fourth-order valence-corrected chi connectivity index (χ4v) is 10.3. The minimum Gasteiger partial charge on any atom is -0.370 e. The van der Waals surface area contributed by atoms with Crippen molar-refractivity contribution in [2.45, 2.75) is 71.4 Å². The van der Waals surface area contributed by atoms with Crippen LogP contribution in [0.25, 0.3) is 22.4 Å². The number of fused-ring (bicyclic) bond motifs is 7. The van der Waals surface area contributed by atoms with Crippen LogP contribution in [0.5, 0.6) is 0 Å². The van der Waals surface area contributed by atoms with E-state index in [1.54, 1.807) is 21.9 Å². The molecule has 5 aliphatic heterocycles. The van der Waals surface area contributed by atoms with Crippen molar-refractivity contribution in [1.29, 1.82) is 0 Å². The number of hydrogen-bond acceptors (Lipinski definition) is 9. The van der Waals surface area contributed by atoms with Gasteiger partial charge in [0.2, 0.25) is 23.7 Å². The zero-order chi connectivity index (χ0) is 44.4. The van der Waals surface area contributed by atoms with E-state index in [1.807, 2.05) is 41.9 Å². The molecule has 4 fully saturated rings. The fraction of sp³-hybridized carbons (Fsp3) is 0.468. The second-order valence-electron chi connectivity index (χ2n) is 18.7. The average Bonchev–Trinajstić information content (AvgIpc) is 3.76. The van der Waals surface area contributed by atoms with Crippen LogP contribution in [0.3, 0.4) is 0 Å². The molecule has 334 valence electrons. The number of aromatic nitrogens is 5. The van der Waals surface area contributed by atoms with Crippen LogP contribution in [0.2, 0.25) is 0 Å². The number of anilines is 2. The Labute approximate surface area is 369 Å². The first-order valence-electron chi connectivity index (χ1n) is 22.4. The van der Waals surface area contributed by atoms with E-state index in [4.69, 9.17) is 14.8 Å². The zero-order valence-electron chi connectivity index (χ0n) is 36.4. The lowest BCUT2D eigenvalue weighted by molar-refractivity contribution is -0.777. The monoisotopic (exact) mass is 875 g/mol. The molecule has 4 saturated heterocycles. The van der Waals surface area contributed by atoms with Gasteiger partial charge in [-0.15, -0.1) is 0 Å². The van der Waals surface area contributed by atoms with E-state index < -0.39 is 29.4 Å². The first-order valence-corrected chi connectivity index (χ1v) is 22.4. The summed E-state index contributed by atoms with van der Waals surface area (Å²) in [5, 5.41) is 5.30. The molecular weight excluding hydrogens is 823 g/mol. The highest BCUT2D eigenvalue weighted by atomic mass is 19.1. The molecule has 2 atom stereocenters. The number of piperidine rings is 2. The number of amides is 4. The first-order chi connectivity index (χ1) is 30.8. The number of nitrogens with one attached hydrogen (secondary N) is 2. The molecule has 10 rings (SSSR count). The van der Waals surface area contributed by atoms with Gasteiger partial charge in [-0.3, -0.25) is 39.7 Å². The summed E-state index contributed by atoms with van der Waals surface area (Å²) in [5.41, 5.74) is 5.70. The number of hydrogen-bond donors (Lipinski definition) is 2. The van der Waals surface area contributed by atoms with Crippen LogP contribution in [0.1, 0.15) is 78.5 Å². The molecule has 0 radical (unpaired) electrons. The first kappa shape index (κ1) is 41.8. The lowest BCUT2D eigenvalue weighted by Gasteiger charge is -2.55. The third-order valence-electron chi connectivity index (χ3n) is 13.9. The normalized spacial score (nSPS) is 21.8. The van der Waals surface area contributed by atoms with E-state index >= 15 is 8.78 Å². The summed E-state index contributed by atoms with van der Waals surface area (Å²) in [6.45, 7) is 10.1. The van der Waals surface area contributed by atoms with E-state index in [0.29, 0.717) is 49.1 Å². The molecular formula is C47H53F2N10O5+. The Bertz CT molecular complexity index is 2670. The fourth-order valence-electron chi connectivity index (χ4n) is 10.3. The van der Waals surface area contributed by atoms with Crippen LogP contribution in [0, 0.1) is 35.8 Å². The summed E-state index contributed by atoms with van der Waals surface area (Å²) in [7, 11) is 1.91. The molecule has 2 bridgehead atoms. The average molecular weight is 876 g/mol. The Morgan fingerprint density at radius 3 is 2.47 bits per heavy atom. The molecule has 1 spiro atoms. The van der Waals surface area contributed by atoms with Crippen molar-refractivity contribution in [3.63, 3.8) is 0 Å². The number of halogens is 2. The SMILES string of the molecule is Cc1cc2cc(n1)-c1cc[n+](C)n1OCCC[C@@H](C)Cn1c(nc3ccc(CN4CCC5(CC4)CN(C(=O)C4CN(c6cc(F)c([C@H]7CCC(=O)NC7=O)c(F)c6)C4)C5)cc31)NC2=O. The van der Waals surface area contributed by atoms with Crippen molar-refractivity contribution < 1.29 is 37.5 Å². The van der Waals surface area contributed by atoms with Crippen molar-refractivity contribution in [2.75, 3.05) is 56.1 Å². The van der Waals surface area contributed by atoms with Crippen LogP contribution in [0.15, 0.2) is 54.7 Å². The number of aryl methyl sites for hydroxylation is 2. The number of rotatable bonds is 5. The molecule has 2 N–H and O–H groups in total. The van der Waals surface area contributed by atoms with Gasteiger partial charge in [0.25, 0.3) is 5.91 Å². The summed E-state index contributed by atoms with van der Waals surface area (Å²) < 4.78 is 34.3. The summed E-state index contributed by atoms with van der Waals surface area (Å²) in [6, 6.07) is 14.3. The zero-order valence-corrected chi connectivity index (χ0v) is 36.4. The molecule has 64 heavy (non-hydrogen) atoms. The maximum absolute atomic E-state index is 15.2. The van der Waals surface area contributed by atoms with Crippen LogP contribution >= 0.6 is 0 Å². The van der Waals surface area contributed by atoms with Gasteiger partial charge in [0.05, 0.1) is 28.6 Å². The molecule has 8 heterocycles. The molecule has 3 aromatic heterocycles. The van der Waals surface area contributed by atoms with E-state index in [0.717, 1.165) is 80.8 Å². The maximum Gasteiger partial charge on any atom is 0.258 e. The molecule has 15 nitrogen and oxygen atoms in total. The molecule has 2 aromatic carbocycles. The molecule has 0 saturated carbocycles. The third kappa shape index (κ3) is 7.87. The van der Waals surface area contributed by atoms with Gasteiger partial charge >= 0.3 is 0 Å². The van der Waals surface area contributed by atoms with Crippen molar-refractivity contribution in [3.8, 4) is 11.4 Å². The van der Waals surface area contributed by atoms with Crippen molar-refractivity contribution in [1.82, 2.24) is 34.5 Å². The number of likely N-dealkylation sites (tertiary alicyclic amines) is 2. The Kier molecular flexibility index (Phi) is 10.7. The van der Waals surface area contributed by atoms with E-state index in [2.05, 4.69) is 39.2 Å². The van der Waals surface area contributed by atoms with E-state index in [1.165, 1.54) is 17.7 Å². The van der Waals surface area contributed by atoms with Crippen molar-refractivity contribution >= 4 is 46.3 Å². The second-order valence-corrected chi connectivity index (χ2v) is 18.7. The summed E-state index contributed by atoms with van der Waals surface area (Å²) in [4.78, 5) is 75.0. The molecule has 0 aliphatic carbocycles. The number of benzene rings is 2. The van der Waals surface area contributed by atoms with Gasteiger partial charge in [-0.2, -0.15) is 0 Å². The van der Waals surface area contributed by atoms with Crippen molar-refractivity contribution in [2.24, 2.45) is 24.3 Å². The molecule has 17 heteroatoms. The largest absolute Gasteiger partial charge is 0.370 e. The number of imidazole rings is 1. The molecule has 5 aliphatic rings. The topological polar surface area (TPSA) is 151 Å². The smallest absolute Gasteiger partial charge is 0.258 e. The van der Waals surface area contributed by atoms with Crippen LogP contribution in [-0.2, 0) is 34.5 Å². The van der Waals surface area contributed by atoms with E-state index in [-0.39, 0.29) is 47.5 Å². The highest BCUT2D eigenvalue weighted by Gasteiger charge is 2.49. The summed E-state index contributed by atoms with van der Waals surface area (Å²) in [6.07, 6.45) is 5.75.